The lowest BCUT2D eigenvalue weighted by molar-refractivity contribution is -0.118. The molecule has 0 spiro atoms. The highest BCUT2D eigenvalue weighted by molar-refractivity contribution is 7.17. The highest BCUT2D eigenvalue weighted by atomic mass is 35.5. The second-order valence-corrected chi connectivity index (χ2v) is 8.73. The van der Waals surface area contributed by atoms with Gasteiger partial charge < -0.3 is 5.32 Å². The van der Waals surface area contributed by atoms with E-state index >= 15 is 0 Å². The molecule has 8 nitrogen and oxygen atoms in total. The largest absolute Gasteiger partial charge is 0.301 e. The molecule has 0 aliphatic heterocycles. The van der Waals surface area contributed by atoms with Crippen LogP contribution in [0.3, 0.4) is 0 Å². The fourth-order valence-corrected chi connectivity index (χ4v) is 4.74. The highest BCUT2D eigenvalue weighted by Gasteiger charge is 2.45. The smallest absolute Gasteiger partial charge is 0.248 e. The Morgan fingerprint density at radius 1 is 1.39 bits per heavy atom. The lowest BCUT2D eigenvalue weighted by Gasteiger charge is -2.23. The van der Waals surface area contributed by atoms with E-state index in [2.05, 4.69) is 25.7 Å². The number of nitrogens with zero attached hydrogens (tertiary/aromatic N) is 5. The zero-order chi connectivity index (χ0) is 22.2. The molecular formula is C19H17ClF2N6O2S. The Kier molecular flexibility index (Phi) is 5.80. The van der Waals surface area contributed by atoms with Crippen molar-refractivity contribution < 1.29 is 18.4 Å². The number of aromatic nitrogens is 5. The molecule has 31 heavy (non-hydrogen) atoms. The van der Waals surface area contributed by atoms with Crippen molar-refractivity contribution >= 4 is 40.3 Å². The van der Waals surface area contributed by atoms with Gasteiger partial charge in [-0.3, -0.25) is 9.59 Å². The lowest BCUT2D eigenvalue weighted by Crippen LogP contribution is -2.27. The number of aldehydes is 1. The number of nitrogens with one attached hydrogen (secondary N) is 1. The highest BCUT2D eigenvalue weighted by Crippen LogP contribution is 2.46. The normalized spacial score (nSPS) is 18.6. The van der Waals surface area contributed by atoms with Crippen molar-refractivity contribution in [3.63, 3.8) is 0 Å². The van der Waals surface area contributed by atoms with Crippen LogP contribution in [-0.4, -0.2) is 43.3 Å². The number of carbonyl (C=O) groups excluding carboxylic acids is 2. The van der Waals surface area contributed by atoms with Crippen LogP contribution in [0.1, 0.15) is 40.4 Å². The van der Waals surface area contributed by atoms with E-state index in [1.165, 1.54) is 4.80 Å². The molecule has 1 amide bonds. The molecule has 1 aliphatic rings. The number of benzene rings is 1. The van der Waals surface area contributed by atoms with Crippen molar-refractivity contribution in [2.24, 2.45) is 13.0 Å². The van der Waals surface area contributed by atoms with Crippen molar-refractivity contribution in [2.45, 2.75) is 31.1 Å². The van der Waals surface area contributed by atoms with E-state index in [9.17, 15) is 18.4 Å². The molecule has 1 N–H and O–H groups in total. The molecule has 4 rings (SSSR count). The van der Waals surface area contributed by atoms with Gasteiger partial charge in [-0.2, -0.15) is 4.80 Å². The van der Waals surface area contributed by atoms with Gasteiger partial charge in [0.2, 0.25) is 17.7 Å². The predicted molar refractivity (Wildman–Crippen MR) is 110 cm³/mol. The van der Waals surface area contributed by atoms with Crippen LogP contribution in [0, 0.1) is 5.92 Å². The third kappa shape index (κ3) is 4.62. The van der Waals surface area contributed by atoms with Gasteiger partial charge in [-0.1, -0.05) is 47.2 Å². The number of carbonyl (C=O) groups is 2. The molecule has 0 saturated heterocycles. The van der Waals surface area contributed by atoms with Gasteiger partial charge in [0, 0.05) is 18.4 Å². The third-order valence-corrected chi connectivity index (χ3v) is 6.48. The summed E-state index contributed by atoms with van der Waals surface area (Å²) in [5.41, 5.74) is 1.28. The van der Waals surface area contributed by atoms with E-state index in [1.807, 2.05) is 0 Å². The molecule has 1 saturated carbocycles. The maximum absolute atomic E-state index is 13.9. The van der Waals surface area contributed by atoms with Crippen molar-refractivity contribution in [3.05, 3.63) is 39.9 Å². The zero-order valence-corrected chi connectivity index (χ0v) is 17.8. The summed E-state index contributed by atoms with van der Waals surface area (Å²) in [6, 6.07) is 6.87. The predicted octanol–water partition coefficient (Wildman–Crippen LogP) is 3.96. The summed E-state index contributed by atoms with van der Waals surface area (Å²) in [5.74, 6) is -4.23. The molecule has 1 aromatic carbocycles. The second kappa shape index (κ2) is 8.39. The number of anilines is 1. The maximum Gasteiger partial charge on any atom is 0.248 e. The number of halogens is 3. The van der Waals surface area contributed by atoms with Gasteiger partial charge in [0.05, 0.1) is 13.0 Å². The van der Waals surface area contributed by atoms with Crippen molar-refractivity contribution in [1.29, 1.82) is 0 Å². The number of thiazole rings is 1. The molecule has 162 valence electrons. The summed E-state index contributed by atoms with van der Waals surface area (Å²) in [6.45, 7) is 0. The Morgan fingerprint density at radius 2 is 2.13 bits per heavy atom. The van der Waals surface area contributed by atoms with Crippen LogP contribution in [0.15, 0.2) is 24.3 Å². The number of aryl methyl sites for hydroxylation is 1. The first-order valence-corrected chi connectivity index (χ1v) is 10.6. The van der Waals surface area contributed by atoms with Crippen molar-refractivity contribution in [3.8, 4) is 11.4 Å². The molecule has 12 heteroatoms. The van der Waals surface area contributed by atoms with Gasteiger partial charge in [0.1, 0.15) is 4.88 Å². The van der Waals surface area contributed by atoms with E-state index in [-0.39, 0.29) is 34.4 Å². The summed E-state index contributed by atoms with van der Waals surface area (Å²) in [5, 5.41) is 14.6. The molecule has 1 aliphatic carbocycles. The van der Waals surface area contributed by atoms with Gasteiger partial charge in [-0.05, 0) is 23.1 Å². The minimum atomic E-state index is -2.80. The third-order valence-electron chi connectivity index (χ3n) is 5.18. The first-order chi connectivity index (χ1) is 14.8. The topological polar surface area (TPSA) is 103 Å². The Morgan fingerprint density at radius 3 is 2.68 bits per heavy atom. The molecule has 2 atom stereocenters. The Labute approximate surface area is 184 Å². The molecule has 2 unspecified atom stereocenters. The Hall–Kier alpha value is -2.79. The minimum absolute atomic E-state index is 0.0138. The summed E-state index contributed by atoms with van der Waals surface area (Å²) in [7, 11) is 1.65. The quantitative estimate of drug-likeness (QED) is 0.552. The van der Waals surface area contributed by atoms with Gasteiger partial charge in [-0.15, -0.1) is 10.2 Å². The number of hydrogen-bond donors (Lipinski definition) is 1. The molecule has 1 fully saturated rings. The first kappa shape index (κ1) is 21.4. The Balaban J connectivity index is 1.62. The molecule has 2 heterocycles. The average molecular weight is 467 g/mol. The van der Waals surface area contributed by atoms with E-state index in [0.717, 1.165) is 11.3 Å². The van der Waals surface area contributed by atoms with Gasteiger partial charge in [0.15, 0.2) is 16.6 Å². The van der Waals surface area contributed by atoms with E-state index in [0.29, 0.717) is 23.2 Å². The average Bonchev–Trinajstić information content (AvgIpc) is 3.41. The molecule has 0 bridgehead atoms. The van der Waals surface area contributed by atoms with Crippen LogP contribution >= 0.6 is 22.9 Å². The number of tetrazole rings is 1. The van der Waals surface area contributed by atoms with Gasteiger partial charge in [0.25, 0.3) is 0 Å². The molecule has 2 aromatic heterocycles. The van der Waals surface area contributed by atoms with Crippen LogP contribution in [0.4, 0.5) is 13.9 Å². The van der Waals surface area contributed by atoms with E-state index in [4.69, 9.17) is 11.6 Å². The van der Waals surface area contributed by atoms with Crippen LogP contribution in [0.5, 0.6) is 0 Å². The number of amides is 1. The zero-order valence-electron chi connectivity index (χ0n) is 16.3. The van der Waals surface area contributed by atoms with Gasteiger partial charge >= 0.3 is 0 Å². The lowest BCUT2D eigenvalue weighted by atomic mass is 9.83. The fraction of sp³-hybridized carbons (Fsp3) is 0.368. The van der Waals surface area contributed by atoms with Crippen molar-refractivity contribution in [2.75, 3.05) is 5.32 Å². The van der Waals surface area contributed by atoms with Crippen LogP contribution in [0.25, 0.3) is 11.4 Å². The Bertz CT molecular complexity index is 1120. The molecular weight excluding hydrogens is 450 g/mol. The van der Waals surface area contributed by atoms with Gasteiger partial charge in [-0.25, -0.2) is 13.8 Å². The second-order valence-electron chi connectivity index (χ2n) is 7.34. The maximum atomic E-state index is 13.9. The SMILES string of the molecule is Cn1nnc(-c2ccc(C(C(=O)Nc3nc(Cl)c(C=O)s3)C3CCC(F)(F)C3)cc2)n1. The van der Waals surface area contributed by atoms with Crippen LogP contribution in [0.2, 0.25) is 5.15 Å². The monoisotopic (exact) mass is 466 g/mol. The standard InChI is InChI=1S/C19H17ClF2N6O2S/c1-28-26-16(25-27-28)11-4-2-10(3-5-11)14(12-6-7-19(21,22)8-12)17(30)24-18-23-15(20)13(9-29)31-18/h2-5,9,12,14H,6-8H2,1H3,(H,23,24,30). The molecule has 0 radical (unpaired) electrons. The van der Waals surface area contributed by atoms with Crippen LogP contribution in [-0.2, 0) is 11.8 Å². The molecule has 3 aromatic rings. The first-order valence-electron chi connectivity index (χ1n) is 9.40. The summed E-state index contributed by atoms with van der Waals surface area (Å²) in [4.78, 5) is 29.6. The minimum Gasteiger partial charge on any atom is -0.301 e. The van der Waals surface area contributed by atoms with Crippen LogP contribution < -0.4 is 5.32 Å². The van der Waals surface area contributed by atoms with E-state index < -0.39 is 23.7 Å². The fourth-order valence-electron chi connectivity index (χ4n) is 3.77. The summed E-state index contributed by atoms with van der Waals surface area (Å²) >= 11 is 6.79. The number of hydrogen-bond acceptors (Lipinski definition) is 7. The number of alkyl halides is 2. The van der Waals surface area contributed by atoms with E-state index in [1.54, 1.807) is 31.3 Å². The summed E-state index contributed by atoms with van der Waals surface area (Å²) in [6.07, 6.45) is 0.124. The summed E-state index contributed by atoms with van der Waals surface area (Å²) < 4.78 is 27.9. The number of rotatable bonds is 6. The van der Waals surface area contributed by atoms with Crippen molar-refractivity contribution in [1.82, 2.24) is 25.2 Å².